The second-order valence-corrected chi connectivity index (χ2v) is 15.9. The summed E-state index contributed by atoms with van der Waals surface area (Å²) in [6, 6.07) is 26.4. The molecule has 4 rings (SSSR count). The van der Waals surface area contributed by atoms with E-state index in [1.165, 1.54) is 61.1 Å². The van der Waals surface area contributed by atoms with Gasteiger partial charge >= 0.3 is 21.7 Å². The fraction of sp³-hybridized carbons (Fsp3) is 0.542. The van der Waals surface area contributed by atoms with Gasteiger partial charge in [0.25, 0.3) is 0 Å². The number of anilines is 2. The summed E-state index contributed by atoms with van der Waals surface area (Å²) in [5, 5.41) is 0. The summed E-state index contributed by atoms with van der Waals surface area (Å²) < 4.78 is 54.1. The van der Waals surface area contributed by atoms with Crippen molar-refractivity contribution in [3.05, 3.63) is 119 Å². The number of hydrogen-bond donors (Lipinski definition) is 0. The van der Waals surface area contributed by atoms with E-state index >= 15 is 0 Å². The largest absolute Gasteiger partial charge is 4.00 e. The molecule has 0 radical (unpaired) electrons. The van der Waals surface area contributed by atoms with Crippen LogP contribution in [-0.2, 0) is 21.7 Å². The van der Waals surface area contributed by atoms with Gasteiger partial charge in [0.1, 0.15) is 0 Å². The molecule has 0 aromatic heterocycles. The molecule has 0 aliphatic carbocycles. The second-order valence-electron chi connectivity index (χ2n) is 15.9. The van der Waals surface area contributed by atoms with E-state index in [0.29, 0.717) is 11.4 Å². The van der Waals surface area contributed by atoms with E-state index in [-0.39, 0.29) is 32.5 Å². The minimum absolute atomic E-state index is 0. The van der Waals surface area contributed by atoms with Gasteiger partial charge in [-0.1, -0.05) is 108 Å². The molecule has 0 aliphatic heterocycles. The SMILES string of the molecule is CCCCCCN(CC(C)(C)CC)c1ccc(F)[c-]c1F.CCCCCCN(CC(C)(C)CC)c1ccc(F)[c-]c1F.C[c-]1cccc1.C[c-]1cccc1.[Ti+4]. The maximum absolute atomic E-state index is 14.0. The van der Waals surface area contributed by atoms with Crippen LogP contribution in [0.25, 0.3) is 0 Å². The zero-order valence-corrected chi connectivity index (χ0v) is 37.3. The first-order valence-corrected chi connectivity index (χ1v) is 20.2. The summed E-state index contributed by atoms with van der Waals surface area (Å²) >= 11 is 0. The van der Waals surface area contributed by atoms with Crippen LogP contribution in [0.2, 0.25) is 0 Å². The first kappa shape index (κ1) is 52.2. The number of halogens is 4. The summed E-state index contributed by atoms with van der Waals surface area (Å²) in [4.78, 5) is 4.09. The standard InChI is InChI=1S/2C18H28F2N.2C6H7.Ti/c2*1-5-7-8-9-12-21(14-18(3,4)6-2)17-11-10-15(19)13-16(17)20;2*1-6-4-2-3-5-6;/h2*10-11H,5-9,12,14H2,1-4H3;2*2-5H,1H3;/q4*-1;+4. The average Bonchev–Trinajstić information content (AvgIpc) is 3.81. The Morgan fingerprint density at radius 1 is 0.527 bits per heavy atom. The molecule has 0 bridgehead atoms. The van der Waals surface area contributed by atoms with Gasteiger partial charge in [0, 0.05) is 49.4 Å². The van der Waals surface area contributed by atoms with Gasteiger partial charge in [-0.15, -0.1) is 36.4 Å². The van der Waals surface area contributed by atoms with Crippen LogP contribution in [0, 0.1) is 60.1 Å². The molecule has 304 valence electrons. The van der Waals surface area contributed by atoms with Gasteiger partial charge in [-0.3, -0.25) is 0 Å². The summed E-state index contributed by atoms with van der Waals surface area (Å²) in [6.45, 7) is 24.7. The molecule has 0 amide bonds. The van der Waals surface area contributed by atoms with Crippen molar-refractivity contribution in [2.75, 3.05) is 36.0 Å². The number of unbranched alkanes of at least 4 members (excludes halogenated alkanes) is 6. The van der Waals surface area contributed by atoms with Crippen molar-refractivity contribution in [1.82, 2.24) is 0 Å². The third-order valence-corrected chi connectivity index (χ3v) is 9.74. The zero-order chi connectivity index (χ0) is 40.6. The molecule has 7 heteroatoms. The minimum Gasteiger partial charge on any atom is -0.421 e. The van der Waals surface area contributed by atoms with Crippen LogP contribution in [-0.4, -0.2) is 26.2 Å². The first-order valence-electron chi connectivity index (χ1n) is 20.2. The number of nitrogens with zero attached hydrogens (tertiary/aromatic N) is 2. The van der Waals surface area contributed by atoms with Gasteiger partial charge in [-0.2, -0.15) is 35.4 Å². The molecule has 0 aliphatic rings. The topological polar surface area (TPSA) is 6.48 Å². The van der Waals surface area contributed by atoms with Gasteiger partial charge in [-0.25, -0.2) is 41.8 Å². The van der Waals surface area contributed by atoms with Crippen LogP contribution in [0.4, 0.5) is 28.9 Å². The average molecular weight is 799 g/mol. The number of aryl methyl sites for hydroxylation is 2. The van der Waals surface area contributed by atoms with E-state index in [1.807, 2.05) is 34.1 Å². The monoisotopic (exact) mass is 798 g/mol. The Bertz CT molecular complexity index is 1380. The van der Waals surface area contributed by atoms with Crippen LogP contribution < -0.4 is 9.80 Å². The smallest absolute Gasteiger partial charge is 0.421 e. The molecule has 4 aromatic rings. The van der Waals surface area contributed by atoms with Crippen LogP contribution in [0.5, 0.6) is 0 Å². The molecule has 0 saturated carbocycles. The van der Waals surface area contributed by atoms with Crippen LogP contribution in [0.15, 0.2) is 72.8 Å². The number of rotatable bonds is 18. The summed E-state index contributed by atoms with van der Waals surface area (Å²) in [6.07, 6.45) is 11.1. The Morgan fingerprint density at radius 3 is 1.09 bits per heavy atom. The molecular formula is C48H70F4N2Ti. The van der Waals surface area contributed by atoms with Gasteiger partial charge in [-0.05, 0) is 47.9 Å². The van der Waals surface area contributed by atoms with E-state index in [9.17, 15) is 17.6 Å². The molecule has 0 fully saturated rings. The molecular weight excluding hydrogens is 728 g/mol. The van der Waals surface area contributed by atoms with E-state index < -0.39 is 23.3 Å². The predicted octanol–water partition coefficient (Wildman–Crippen LogP) is 14.6. The van der Waals surface area contributed by atoms with Gasteiger partial charge < -0.3 is 9.80 Å². The van der Waals surface area contributed by atoms with Crippen LogP contribution in [0.1, 0.15) is 131 Å². The van der Waals surface area contributed by atoms with Crippen molar-refractivity contribution in [3.63, 3.8) is 0 Å². The Kier molecular flexibility index (Phi) is 27.1. The maximum atomic E-state index is 14.0. The zero-order valence-electron chi connectivity index (χ0n) is 35.7. The second kappa shape index (κ2) is 28.6. The molecule has 0 N–H and O–H groups in total. The van der Waals surface area contributed by atoms with E-state index in [2.05, 4.69) is 106 Å². The number of hydrogen-bond acceptors (Lipinski definition) is 2. The Hall–Kier alpha value is -2.83. The van der Waals surface area contributed by atoms with E-state index in [4.69, 9.17) is 0 Å². The molecule has 0 saturated heterocycles. The third kappa shape index (κ3) is 23.1. The first-order chi connectivity index (χ1) is 25.6. The fourth-order valence-corrected chi connectivity index (χ4v) is 5.59. The summed E-state index contributed by atoms with van der Waals surface area (Å²) in [7, 11) is 0. The normalized spacial score (nSPS) is 10.9. The molecule has 0 unspecified atom stereocenters. The molecule has 0 heterocycles. The molecule has 0 atom stereocenters. The minimum atomic E-state index is -0.642. The summed E-state index contributed by atoms with van der Waals surface area (Å²) in [5.41, 5.74) is 3.82. The molecule has 0 spiro atoms. The summed E-state index contributed by atoms with van der Waals surface area (Å²) in [5.74, 6) is -2.45. The van der Waals surface area contributed by atoms with Crippen molar-refractivity contribution < 1.29 is 39.3 Å². The maximum Gasteiger partial charge on any atom is 4.00 e. The van der Waals surface area contributed by atoms with Crippen molar-refractivity contribution in [1.29, 1.82) is 0 Å². The van der Waals surface area contributed by atoms with E-state index in [0.717, 1.165) is 64.7 Å². The van der Waals surface area contributed by atoms with Crippen molar-refractivity contribution in [3.8, 4) is 0 Å². The van der Waals surface area contributed by atoms with Crippen molar-refractivity contribution in [2.45, 2.75) is 133 Å². The third-order valence-electron chi connectivity index (χ3n) is 9.74. The van der Waals surface area contributed by atoms with Gasteiger partial charge in [0.2, 0.25) is 0 Å². The van der Waals surface area contributed by atoms with E-state index in [1.54, 1.807) is 0 Å². The Morgan fingerprint density at radius 2 is 0.855 bits per heavy atom. The quantitative estimate of drug-likeness (QED) is 0.0428. The van der Waals surface area contributed by atoms with Gasteiger partial charge in [0.05, 0.1) is 0 Å². The van der Waals surface area contributed by atoms with Crippen LogP contribution >= 0.6 is 0 Å². The molecule has 2 nitrogen and oxygen atoms in total. The Labute approximate surface area is 348 Å². The van der Waals surface area contributed by atoms with Crippen LogP contribution in [0.3, 0.4) is 0 Å². The van der Waals surface area contributed by atoms with Crippen molar-refractivity contribution >= 4 is 11.4 Å². The van der Waals surface area contributed by atoms with Crippen molar-refractivity contribution in [2.24, 2.45) is 10.8 Å². The number of benzene rings is 2. The molecule has 55 heavy (non-hydrogen) atoms. The van der Waals surface area contributed by atoms with Gasteiger partial charge in [0.15, 0.2) is 0 Å². The fourth-order valence-electron chi connectivity index (χ4n) is 5.59. The predicted molar refractivity (Wildman–Crippen MR) is 225 cm³/mol. The molecule has 4 aromatic carbocycles. The Balaban J connectivity index is 0.000000799.